The minimum Gasteiger partial charge on any atom is -0.342 e. The Kier molecular flexibility index (Phi) is 6.65. The first-order valence-corrected chi connectivity index (χ1v) is 7.33. The summed E-state index contributed by atoms with van der Waals surface area (Å²) in [4.78, 5) is 14.1. The van der Waals surface area contributed by atoms with E-state index >= 15 is 0 Å². The number of hydrogen-bond acceptors (Lipinski definition) is 2. The molecule has 0 bridgehead atoms. The molecule has 0 spiro atoms. The zero-order valence-electron chi connectivity index (χ0n) is 12.8. The molecule has 0 aromatic heterocycles. The Morgan fingerprint density at radius 2 is 1.75 bits per heavy atom. The molecule has 0 aliphatic rings. The van der Waals surface area contributed by atoms with Gasteiger partial charge in [0.25, 0.3) is 0 Å². The average molecular weight is 280 g/mol. The van der Waals surface area contributed by atoms with E-state index in [-0.39, 0.29) is 23.8 Å². The summed E-state index contributed by atoms with van der Waals surface area (Å²) in [7, 11) is 0. The first kappa shape index (κ1) is 16.6. The van der Waals surface area contributed by atoms with Gasteiger partial charge in [-0.15, -0.1) is 0 Å². The molecule has 0 saturated heterocycles. The van der Waals surface area contributed by atoms with Crippen molar-refractivity contribution in [3.63, 3.8) is 0 Å². The van der Waals surface area contributed by atoms with Crippen molar-refractivity contribution in [3.05, 3.63) is 35.6 Å². The summed E-state index contributed by atoms with van der Waals surface area (Å²) in [5, 5.41) is 3.34. The lowest BCUT2D eigenvalue weighted by Crippen LogP contribution is -2.45. The molecule has 1 amide bonds. The number of benzene rings is 1. The molecule has 4 heteroatoms. The molecule has 2 atom stereocenters. The normalized spacial score (nSPS) is 13.8. The highest BCUT2D eigenvalue weighted by molar-refractivity contribution is 5.81. The van der Waals surface area contributed by atoms with Crippen LogP contribution in [0.3, 0.4) is 0 Å². The number of likely N-dealkylation sites (N-methyl/N-ethyl adjacent to an activating group) is 1. The Balaban J connectivity index is 2.73. The second kappa shape index (κ2) is 8.00. The summed E-state index contributed by atoms with van der Waals surface area (Å²) >= 11 is 0. The third-order valence-corrected chi connectivity index (χ3v) is 3.58. The number of nitrogens with zero attached hydrogens (tertiary/aromatic N) is 1. The van der Waals surface area contributed by atoms with Crippen LogP contribution in [-0.2, 0) is 4.79 Å². The van der Waals surface area contributed by atoms with Crippen LogP contribution in [0.5, 0.6) is 0 Å². The molecule has 0 heterocycles. The van der Waals surface area contributed by atoms with E-state index < -0.39 is 0 Å². The van der Waals surface area contributed by atoms with Gasteiger partial charge in [0.15, 0.2) is 0 Å². The molecule has 0 saturated carbocycles. The van der Waals surface area contributed by atoms with Gasteiger partial charge in [-0.3, -0.25) is 10.1 Å². The Bertz CT molecular complexity index is 415. The minimum absolute atomic E-state index is 0.0603. The number of halogens is 1. The SMILES string of the molecule is CCC(NC(C)C(=O)N(CC)CC)c1ccc(F)cc1. The molecular weight excluding hydrogens is 255 g/mol. The van der Waals surface area contributed by atoms with Crippen molar-refractivity contribution < 1.29 is 9.18 Å². The lowest BCUT2D eigenvalue weighted by molar-refractivity contribution is -0.132. The summed E-state index contributed by atoms with van der Waals surface area (Å²) in [5.74, 6) is -0.133. The monoisotopic (exact) mass is 280 g/mol. The number of hydrogen-bond donors (Lipinski definition) is 1. The molecule has 1 aromatic carbocycles. The maximum atomic E-state index is 13.0. The quantitative estimate of drug-likeness (QED) is 0.832. The van der Waals surface area contributed by atoms with Gasteiger partial charge >= 0.3 is 0 Å². The van der Waals surface area contributed by atoms with E-state index in [2.05, 4.69) is 12.2 Å². The Hall–Kier alpha value is -1.42. The van der Waals surface area contributed by atoms with Crippen LogP contribution in [0.25, 0.3) is 0 Å². The van der Waals surface area contributed by atoms with Gasteiger partial charge in [0.05, 0.1) is 6.04 Å². The number of carbonyl (C=O) groups excluding carboxylic acids is 1. The van der Waals surface area contributed by atoms with E-state index in [0.29, 0.717) is 13.1 Å². The largest absolute Gasteiger partial charge is 0.342 e. The number of carbonyl (C=O) groups is 1. The fraction of sp³-hybridized carbons (Fsp3) is 0.562. The standard InChI is InChI=1S/C16H25FN2O/c1-5-15(13-8-10-14(17)11-9-13)18-12(4)16(20)19(6-2)7-3/h8-12,15,18H,5-7H2,1-4H3. The molecular formula is C16H25FN2O. The molecule has 0 radical (unpaired) electrons. The van der Waals surface area contributed by atoms with Crippen molar-refractivity contribution >= 4 is 5.91 Å². The highest BCUT2D eigenvalue weighted by Crippen LogP contribution is 2.18. The van der Waals surface area contributed by atoms with Crippen LogP contribution >= 0.6 is 0 Å². The van der Waals surface area contributed by atoms with Crippen molar-refractivity contribution in [1.29, 1.82) is 0 Å². The van der Waals surface area contributed by atoms with Gasteiger partial charge in [-0.25, -0.2) is 4.39 Å². The number of rotatable bonds is 7. The molecule has 0 aliphatic heterocycles. The van der Waals surface area contributed by atoms with Crippen molar-refractivity contribution in [2.24, 2.45) is 0 Å². The minimum atomic E-state index is -0.245. The third kappa shape index (κ3) is 4.30. The van der Waals surface area contributed by atoms with E-state index in [1.54, 1.807) is 12.1 Å². The molecule has 1 rings (SSSR count). The van der Waals surface area contributed by atoms with Crippen LogP contribution in [0.2, 0.25) is 0 Å². The maximum absolute atomic E-state index is 13.0. The second-order valence-electron chi connectivity index (χ2n) is 4.91. The highest BCUT2D eigenvalue weighted by Gasteiger charge is 2.21. The van der Waals surface area contributed by atoms with Crippen LogP contribution in [0.1, 0.15) is 45.7 Å². The predicted octanol–water partition coefficient (Wildman–Crippen LogP) is 3.12. The van der Waals surface area contributed by atoms with E-state index in [4.69, 9.17) is 0 Å². The molecule has 0 fully saturated rings. The smallest absolute Gasteiger partial charge is 0.239 e. The van der Waals surface area contributed by atoms with Crippen molar-refractivity contribution in [3.8, 4) is 0 Å². The molecule has 1 N–H and O–H groups in total. The van der Waals surface area contributed by atoms with Crippen LogP contribution in [0, 0.1) is 5.82 Å². The van der Waals surface area contributed by atoms with E-state index in [0.717, 1.165) is 12.0 Å². The van der Waals surface area contributed by atoms with Gasteiger partial charge in [-0.1, -0.05) is 19.1 Å². The third-order valence-electron chi connectivity index (χ3n) is 3.58. The van der Waals surface area contributed by atoms with Crippen molar-refractivity contribution in [2.75, 3.05) is 13.1 Å². The maximum Gasteiger partial charge on any atom is 0.239 e. The van der Waals surface area contributed by atoms with Gasteiger partial charge in [-0.05, 0) is 44.9 Å². The lowest BCUT2D eigenvalue weighted by atomic mass is 10.0. The van der Waals surface area contributed by atoms with Crippen molar-refractivity contribution in [1.82, 2.24) is 10.2 Å². The van der Waals surface area contributed by atoms with Crippen LogP contribution < -0.4 is 5.32 Å². The molecule has 3 nitrogen and oxygen atoms in total. The van der Waals surface area contributed by atoms with E-state index in [1.165, 1.54) is 12.1 Å². The topological polar surface area (TPSA) is 32.3 Å². The van der Waals surface area contributed by atoms with Gasteiger partial charge in [0.1, 0.15) is 5.82 Å². The zero-order chi connectivity index (χ0) is 15.1. The highest BCUT2D eigenvalue weighted by atomic mass is 19.1. The van der Waals surface area contributed by atoms with Crippen LogP contribution in [-0.4, -0.2) is 29.9 Å². The summed E-state index contributed by atoms with van der Waals surface area (Å²) in [6, 6.07) is 6.26. The van der Waals surface area contributed by atoms with Crippen LogP contribution in [0.15, 0.2) is 24.3 Å². The Labute approximate surface area is 121 Å². The molecule has 112 valence electrons. The first-order chi connectivity index (χ1) is 9.53. The second-order valence-corrected chi connectivity index (χ2v) is 4.91. The summed E-state index contributed by atoms with van der Waals surface area (Å²) in [6.45, 7) is 9.32. The van der Waals surface area contributed by atoms with Crippen LogP contribution in [0.4, 0.5) is 4.39 Å². The summed E-state index contributed by atoms with van der Waals surface area (Å²) in [6.07, 6.45) is 0.849. The fourth-order valence-electron chi connectivity index (χ4n) is 2.33. The predicted molar refractivity (Wildman–Crippen MR) is 80.0 cm³/mol. The van der Waals surface area contributed by atoms with Crippen molar-refractivity contribution in [2.45, 2.75) is 46.2 Å². The Morgan fingerprint density at radius 3 is 2.20 bits per heavy atom. The van der Waals surface area contributed by atoms with Gasteiger partial charge in [-0.2, -0.15) is 0 Å². The van der Waals surface area contributed by atoms with Gasteiger partial charge in [0.2, 0.25) is 5.91 Å². The van der Waals surface area contributed by atoms with E-state index in [1.807, 2.05) is 25.7 Å². The summed E-state index contributed by atoms with van der Waals surface area (Å²) in [5.41, 5.74) is 1.01. The van der Waals surface area contributed by atoms with E-state index in [9.17, 15) is 9.18 Å². The number of amides is 1. The molecule has 2 unspecified atom stereocenters. The Morgan fingerprint density at radius 1 is 1.20 bits per heavy atom. The average Bonchev–Trinajstić information content (AvgIpc) is 2.46. The molecule has 20 heavy (non-hydrogen) atoms. The first-order valence-electron chi connectivity index (χ1n) is 7.33. The lowest BCUT2D eigenvalue weighted by Gasteiger charge is -2.27. The molecule has 0 aliphatic carbocycles. The zero-order valence-corrected chi connectivity index (χ0v) is 12.8. The molecule has 1 aromatic rings. The fourth-order valence-corrected chi connectivity index (χ4v) is 2.33. The summed E-state index contributed by atoms with van der Waals surface area (Å²) < 4.78 is 13.0. The number of nitrogens with one attached hydrogen (secondary N) is 1. The van der Waals surface area contributed by atoms with Gasteiger partial charge in [0, 0.05) is 19.1 Å². The van der Waals surface area contributed by atoms with Gasteiger partial charge < -0.3 is 4.90 Å².